The summed E-state index contributed by atoms with van der Waals surface area (Å²) < 4.78 is 5.97. The molecule has 0 aliphatic rings. The van der Waals surface area contributed by atoms with Crippen molar-refractivity contribution in [2.24, 2.45) is 9.98 Å². The molecule has 0 aliphatic carbocycles. The topological polar surface area (TPSA) is 37.9 Å². The predicted octanol–water partition coefficient (Wildman–Crippen LogP) is 7.08. The second-order valence-corrected chi connectivity index (χ2v) is 6.13. The van der Waals surface area contributed by atoms with Crippen molar-refractivity contribution in [3.8, 4) is 0 Å². The molecule has 4 heteroatoms. The monoisotopic (exact) mass is 416 g/mol. The van der Waals surface area contributed by atoms with E-state index in [2.05, 4.69) is 36.0 Å². The molecule has 148 valence electrons. The summed E-state index contributed by atoms with van der Waals surface area (Å²) in [7, 11) is 0. The van der Waals surface area contributed by atoms with Crippen LogP contribution in [0.2, 0.25) is 0 Å². The van der Waals surface area contributed by atoms with Gasteiger partial charge in [0.15, 0.2) is 0 Å². The van der Waals surface area contributed by atoms with Crippen molar-refractivity contribution in [2.45, 2.75) is 27.7 Å². The number of hydrogen-bond donors (Lipinski definition) is 0. The number of aliphatic imine (C=N–C) groups is 2. The molecule has 0 unspecified atom stereocenters. The fourth-order valence-corrected chi connectivity index (χ4v) is 2.58. The Bertz CT molecular complexity index is 878. The van der Waals surface area contributed by atoms with Gasteiger partial charge in [0.05, 0.1) is 22.8 Å². The third-order valence-electron chi connectivity index (χ3n) is 4.13. The average Bonchev–Trinajstić information content (AvgIpc) is 3.09. The third kappa shape index (κ3) is 6.05. The van der Waals surface area contributed by atoms with Gasteiger partial charge in [-0.1, -0.05) is 36.4 Å². The van der Waals surface area contributed by atoms with Crippen molar-refractivity contribution >= 4 is 22.8 Å². The van der Waals surface area contributed by atoms with Gasteiger partial charge in [0.2, 0.25) is 0 Å². The van der Waals surface area contributed by atoms with Gasteiger partial charge in [0, 0.05) is 0 Å². The number of rotatable bonds is 4. The van der Waals surface area contributed by atoms with Crippen molar-refractivity contribution in [1.29, 1.82) is 0 Å². The Kier molecular flexibility index (Phi) is 10.4. The summed E-state index contributed by atoms with van der Waals surface area (Å²) in [5.74, 6) is 1.52. The molecule has 0 spiro atoms. The molecular weight excluding hydrogens is 388 g/mol. The zero-order valence-electron chi connectivity index (χ0n) is 17.4. The second kappa shape index (κ2) is 11.4. The van der Waals surface area contributed by atoms with Crippen LogP contribution in [-0.2, 0) is 17.1 Å². The summed E-state index contributed by atoms with van der Waals surface area (Å²) in [6.45, 7) is 8.03. The van der Waals surface area contributed by atoms with Gasteiger partial charge in [-0.2, -0.15) is 0 Å². The molecule has 0 atom stereocenters. The largest absolute Gasteiger partial charge is 2.00 e. The van der Waals surface area contributed by atoms with E-state index in [1.165, 1.54) is 0 Å². The standard InChI is InChI=1S/C22H22N2O.2CH3.Fe/c1-15-9-5-7-11-19(15)23-17(3)21-13-14-22(25-21)18(4)24-20-12-8-6-10-16(20)2;;;/h5-14H,1-4H3;2*1H3;/q;2*-1;+2. The van der Waals surface area contributed by atoms with Gasteiger partial charge in [-0.05, 0) is 63.1 Å². The maximum atomic E-state index is 5.97. The zero-order valence-corrected chi connectivity index (χ0v) is 18.5. The molecule has 28 heavy (non-hydrogen) atoms. The van der Waals surface area contributed by atoms with E-state index in [4.69, 9.17) is 4.42 Å². The number of para-hydroxylation sites is 2. The summed E-state index contributed by atoms with van der Waals surface area (Å²) in [6.07, 6.45) is 0. The van der Waals surface area contributed by atoms with Crippen LogP contribution in [0.25, 0.3) is 0 Å². The van der Waals surface area contributed by atoms with Crippen LogP contribution in [0.3, 0.4) is 0 Å². The Hall–Kier alpha value is -2.42. The van der Waals surface area contributed by atoms with Crippen molar-refractivity contribution in [3.63, 3.8) is 0 Å². The molecule has 0 aliphatic heterocycles. The van der Waals surface area contributed by atoms with Crippen LogP contribution in [-0.4, -0.2) is 11.4 Å². The summed E-state index contributed by atoms with van der Waals surface area (Å²) in [5, 5.41) is 0. The first kappa shape index (κ1) is 25.6. The Morgan fingerprint density at radius 2 is 1.00 bits per heavy atom. The molecule has 0 saturated carbocycles. The van der Waals surface area contributed by atoms with E-state index >= 15 is 0 Å². The van der Waals surface area contributed by atoms with Crippen LogP contribution in [0.4, 0.5) is 11.4 Å². The van der Waals surface area contributed by atoms with E-state index in [9.17, 15) is 0 Å². The maximum absolute atomic E-state index is 5.97. The maximum Gasteiger partial charge on any atom is 2.00 e. The van der Waals surface area contributed by atoms with Gasteiger partial charge < -0.3 is 19.3 Å². The molecule has 2 aromatic carbocycles. The summed E-state index contributed by atoms with van der Waals surface area (Å²) in [6, 6.07) is 20.0. The molecule has 1 aromatic heterocycles. The van der Waals surface area contributed by atoms with E-state index in [1.807, 2.05) is 62.4 Å². The third-order valence-corrected chi connectivity index (χ3v) is 4.13. The van der Waals surface area contributed by atoms with Gasteiger partial charge in [-0.15, -0.1) is 0 Å². The Labute approximate surface area is 180 Å². The molecule has 3 nitrogen and oxygen atoms in total. The minimum absolute atomic E-state index is 0. The van der Waals surface area contributed by atoms with Gasteiger partial charge in [0.1, 0.15) is 11.5 Å². The fourth-order valence-electron chi connectivity index (χ4n) is 2.58. The SMILES string of the molecule is CC(=Nc1ccccc1C)c1ccc(C(C)=Nc2ccccc2C)o1.[CH3-].[CH3-].[Fe+2]. The summed E-state index contributed by atoms with van der Waals surface area (Å²) in [4.78, 5) is 9.37. The number of nitrogens with zero attached hydrogens (tertiary/aromatic N) is 2. The van der Waals surface area contributed by atoms with Crippen LogP contribution in [0.1, 0.15) is 36.5 Å². The van der Waals surface area contributed by atoms with Crippen LogP contribution in [0, 0.1) is 28.7 Å². The molecule has 3 aromatic rings. The van der Waals surface area contributed by atoms with E-state index in [-0.39, 0.29) is 31.9 Å². The molecule has 0 saturated heterocycles. The summed E-state index contributed by atoms with van der Waals surface area (Å²) in [5.41, 5.74) is 5.91. The van der Waals surface area contributed by atoms with E-state index in [1.54, 1.807) is 0 Å². The van der Waals surface area contributed by atoms with Crippen LogP contribution in [0.5, 0.6) is 0 Å². The van der Waals surface area contributed by atoms with Crippen molar-refractivity contribution in [2.75, 3.05) is 0 Å². The van der Waals surface area contributed by atoms with Gasteiger partial charge in [-0.3, -0.25) is 0 Å². The van der Waals surface area contributed by atoms with Crippen molar-refractivity contribution < 1.29 is 21.5 Å². The number of benzene rings is 2. The van der Waals surface area contributed by atoms with Crippen LogP contribution < -0.4 is 0 Å². The number of hydrogen-bond acceptors (Lipinski definition) is 3. The smallest absolute Gasteiger partial charge is 0.454 e. The predicted molar refractivity (Wildman–Crippen MR) is 118 cm³/mol. The fraction of sp³-hybridized carbons (Fsp3) is 0.167. The molecular formula is C24H28FeN2O. The van der Waals surface area contributed by atoms with E-state index in [0.29, 0.717) is 0 Å². The zero-order chi connectivity index (χ0) is 17.8. The quantitative estimate of drug-likeness (QED) is 0.254. The number of furan rings is 1. The molecule has 0 amide bonds. The molecule has 3 rings (SSSR count). The Morgan fingerprint density at radius 1 is 0.643 bits per heavy atom. The van der Waals surface area contributed by atoms with Crippen molar-refractivity contribution in [1.82, 2.24) is 0 Å². The Balaban J connectivity index is 0.00000243. The van der Waals surface area contributed by atoms with Gasteiger partial charge in [0.25, 0.3) is 0 Å². The average molecular weight is 416 g/mol. The molecule has 1 heterocycles. The molecule has 0 fully saturated rings. The first-order valence-electron chi connectivity index (χ1n) is 8.37. The number of aryl methyl sites for hydroxylation is 2. The van der Waals surface area contributed by atoms with Gasteiger partial charge in [-0.25, -0.2) is 9.98 Å². The first-order valence-corrected chi connectivity index (χ1v) is 8.37. The molecule has 0 radical (unpaired) electrons. The minimum atomic E-state index is 0. The Morgan fingerprint density at radius 3 is 1.36 bits per heavy atom. The van der Waals surface area contributed by atoms with Crippen LogP contribution >= 0.6 is 0 Å². The minimum Gasteiger partial charge on any atom is -0.454 e. The first-order chi connectivity index (χ1) is 12.0. The van der Waals surface area contributed by atoms with Crippen LogP contribution in [0.15, 0.2) is 75.1 Å². The second-order valence-electron chi connectivity index (χ2n) is 6.13. The van der Waals surface area contributed by atoms with Gasteiger partial charge >= 0.3 is 17.1 Å². The summed E-state index contributed by atoms with van der Waals surface area (Å²) >= 11 is 0. The van der Waals surface area contributed by atoms with Crippen molar-refractivity contribution in [3.05, 3.63) is 98.2 Å². The van der Waals surface area contributed by atoms with E-state index < -0.39 is 0 Å². The normalized spacial score (nSPS) is 11.1. The van der Waals surface area contributed by atoms with E-state index in [0.717, 1.165) is 45.4 Å². The molecule has 0 bridgehead atoms. The molecule has 0 N–H and O–H groups in total.